The third kappa shape index (κ3) is 5.09. The summed E-state index contributed by atoms with van der Waals surface area (Å²) in [5.74, 6) is -1.37. The molecule has 5 rings (SSSR count). The van der Waals surface area contributed by atoms with Gasteiger partial charge in [0.1, 0.15) is 11.3 Å². The van der Waals surface area contributed by atoms with Crippen molar-refractivity contribution < 1.29 is 19.1 Å². The van der Waals surface area contributed by atoms with E-state index in [1.165, 1.54) is 30.0 Å². The molecule has 0 saturated heterocycles. The van der Waals surface area contributed by atoms with Crippen LogP contribution in [0.15, 0.2) is 103 Å². The summed E-state index contributed by atoms with van der Waals surface area (Å²) in [4.78, 5) is 28.1. The Bertz CT molecular complexity index is 1590. The molecule has 0 aliphatic rings. The minimum atomic E-state index is -0.690. The fraction of sp³-hybridized carbons (Fsp3) is 0.121. The van der Waals surface area contributed by atoms with Crippen molar-refractivity contribution in [2.24, 2.45) is 0 Å². The molecule has 7 heteroatoms. The van der Waals surface area contributed by atoms with Gasteiger partial charge in [0.25, 0.3) is 0 Å². The minimum Gasteiger partial charge on any atom is -0.465 e. The number of aromatic nitrogens is 2. The SMILES string of the molecule is COC(=O)c1c(-c2ccc(N(c3ccc(C)cc3)c3ccc(C)cc3)cc2)nn(-c2ccccc2)c1C(=O)OC. The predicted octanol–water partition coefficient (Wildman–Crippen LogP) is 7.20. The molecule has 0 bridgehead atoms. The van der Waals surface area contributed by atoms with E-state index in [0.29, 0.717) is 16.9 Å². The van der Waals surface area contributed by atoms with Gasteiger partial charge in [-0.25, -0.2) is 14.3 Å². The molecule has 1 aromatic heterocycles. The molecule has 200 valence electrons. The average molecular weight is 532 g/mol. The van der Waals surface area contributed by atoms with E-state index < -0.39 is 11.9 Å². The molecule has 4 aromatic carbocycles. The second kappa shape index (κ2) is 11.3. The second-order valence-electron chi connectivity index (χ2n) is 9.36. The summed E-state index contributed by atoms with van der Waals surface area (Å²) in [7, 11) is 2.54. The summed E-state index contributed by atoms with van der Waals surface area (Å²) < 4.78 is 11.5. The van der Waals surface area contributed by atoms with E-state index in [0.717, 1.165) is 17.1 Å². The van der Waals surface area contributed by atoms with Gasteiger partial charge < -0.3 is 14.4 Å². The molecule has 0 saturated carbocycles. The summed E-state index contributed by atoms with van der Waals surface area (Å²) in [5.41, 5.74) is 6.92. The van der Waals surface area contributed by atoms with E-state index in [-0.39, 0.29) is 11.3 Å². The standard InChI is InChI=1S/C33H29N3O4/c1-22-10-16-25(17-11-22)35(26-18-12-23(2)13-19-26)27-20-14-24(15-21-27)30-29(32(37)39-3)31(33(38)40-4)36(34-30)28-8-6-5-7-9-28/h5-21H,1-4H3. The van der Waals surface area contributed by atoms with Crippen LogP contribution in [0.5, 0.6) is 0 Å². The van der Waals surface area contributed by atoms with E-state index in [1.807, 2.05) is 42.5 Å². The molecule has 0 fully saturated rings. The zero-order valence-electron chi connectivity index (χ0n) is 22.8. The van der Waals surface area contributed by atoms with Crippen LogP contribution in [0.2, 0.25) is 0 Å². The number of carbonyl (C=O) groups excluding carboxylic acids is 2. The first kappa shape index (κ1) is 26.4. The van der Waals surface area contributed by atoms with E-state index in [2.05, 4.69) is 67.3 Å². The summed E-state index contributed by atoms with van der Waals surface area (Å²) in [5, 5.41) is 4.70. The van der Waals surface area contributed by atoms with E-state index in [9.17, 15) is 9.59 Å². The number of benzene rings is 4. The largest absolute Gasteiger partial charge is 0.465 e. The van der Waals surface area contributed by atoms with Crippen LogP contribution < -0.4 is 4.90 Å². The van der Waals surface area contributed by atoms with Crippen LogP contribution in [0.4, 0.5) is 17.1 Å². The molecule has 0 spiro atoms. The van der Waals surface area contributed by atoms with Crippen molar-refractivity contribution in [2.45, 2.75) is 13.8 Å². The Balaban J connectivity index is 1.65. The normalized spacial score (nSPS) is 10.7. The van der Waals surface area contributed by atoms with Crippen molar-refractivity contribution in [1.82, 2.24) is 9.78 Å². The van der Waals surface area contributed by atoms with Gasteiger partial charge in [-0.05, 0) is 62.4 Å². The number of aryl methyl sites for hydroxylation is 2. The molecule has 40 heavy (non-hydrogen) atoms. The van der Waals surface area contributed by atoms with Gasteiger partial charge in [0.2, 0.25) is 0 Å². The van der Waals surface area contributed by atoms with Gasteiger partial charge in [0.05, 0.1) is 19.9 Å². The summed E-state index contributed by atoms with van der Waals surface area (Å²) >= 11 is 0. The highest BCUT2D eigenvalue weighted by Crippen LogP contribution is 2.37. The van der Waals surface area contributed by atoms with Gasteiger partial charge in [-0.15, -0.1) is 0 Å². The molecule has 0 amide bonds. The van der Waals surface area contributed by atoms with Crippen molar-refractivity contribution in [1.29, 1.82) is 0 Å². The fourth-order valence-electron chi connectivity index (χ4n) is 4.56. The second-order valence-corrected chi connectivity index (χ2v) is 9.36. The first-order valence-corrected chi connectivity index (χ1v) is 12.8. The minimum absolute atomic E-state index is 0.000522. The smallest absolute Gasteiger partial charge is 0.357 e. The number of nitrogens with zero attached hydrogens (tertiary/aromatic N) is 3. The van der Waals surface area contributed by atoms with E-state index in [4.69, 9.17) is 14.6 Å². The lowest BCUT2D eigenvalue weighted by molar-refractivity contribution is 0.0549. The maximum absolute atomic E-state index is 13.0. The number of ether oxygens (including phenoxy) is 2. The quantitative estimate of drug-likeness (QED) is 0.207. The van der Waals surface area contributed by atoms with Crippen LogP contribution in [0.25, 0.3) is 16.9 Å². The monoisotopic (exact) mass is 531 g/mol. The van der Waals surface area contributed by atoms with Gasteiger partial charge >= 0.3 is 11.9 Å². The Morgan fingerprint density at radius 2 is 1.12 bits per heavy atom. The first-order chi connectivity index (χ1) is 19.4. The molecule has 5 aromatic rings. The lowest BCUT2D eigenvalue weighted by atomic mass is 10.0. The maximum Gasteiger partial charge on any atom is 0.357 e. The number of para-hydroxylation sites is 1. The van der Waals surface area contributed by atoms with E-state index in [1.54, 1.807) is 12.1 Å². The average Bonchev–Trinajstić information content (AvgIpc) is 3.40. The van der Waals surface area contributed by atoms with Crippen LogP contribution in [0, 0.1) is 13.8 Å². The number of methoxy groups -OCH3 is 2. The Labute approximate surface area is 233 Å². The number of anilines is 3. The number of rotatable bonds is 7. The fourth-order valence-corrected chi connectivity index (χ4v) is 4.56. The van der Waals surface area contributed by atoms with Crippen LogP contribution >= 0.6 is 0 Å². The highest BCUT2D eigenvalue weighted by molar-refractivity contribution is 6.07. The summed E-state index contributed by atoms with van der Waals surface area (Å²) in [6.45, 7) is 4.12. The van der Waals surface area contributed by atoms with Crippen LogP contribution in [-0.4, -0.2) is 35.9 Å². The topological polar surface area (TPSA) is 73.7 Å². The van der Waals surface area contributed by atoms with Gasteiger partial charge in [-0.3, -0.25) is 0 Å². The molecule has 0 atom stereocenters. The van der Waals surface area contributed by atoms with Crippen LogP contribution in [0.1, 0.15) is 32.0 Å². The zero-order chi connectivity index (χ0) is 28.2. The number of carbonyl (C=O) groups is 2. The molecule has 7 nitrogen and oxygen atoms in total. The molecule has 0 unspecified atom stereocenters. The van der Waals surface area contributed by atoms with Crippen molar-refractivity contribution in [3.63, 3.8) is 0 Å². The molecule has 0 aliphatic carbocycles. The Hall–Kier alpha value is -5.17. The van der Waals surface area contributed by atoms with Crippen molar-refractivity contribution in [3.8, 4) is 16.9 Å². The Morgan fingerprint density at radius 1 is 0.650 bits per heavy atom. The molecular weight excluding hydrogens is 502 g/mol. The first-order valence-electron chi connectivity index (χ1n) is 12.8. The van der Waals surface area contributed by atoms with Gasteiger partial charge in [-0.2, -0.15) is 5.10 Å². The van der Waals surface area contributed by atoms with Crippen LogP contribution in [-0.2, 0) is 9.47 Å². The Kier molecular flexibility index (Phi) is 7.46. The molecular formula is C33H29N3O4. The van der Waals surface area contributed by atoms with Gasteiger partial charge in [0.15, 0.2) is 5.69 Å². The van der Waals surface area contributed by atoms with Gasteiger partial charge in [0, 0.05) is 22.6 Å². The number of esters is 2. The third-order valence-electron chi connectivity index (χ3n) is 6.64. The number of hydrogen-bond acceptors (Lipinski definition) is 6. The zero-order valence-corrected chi connectivity index (χ0v) is 22.8. The molecule has 1 heterocycles. The number of hydrogen-bond donors (Lipinski definition) is 0. The maximum atomic E-state index is 13.0. The lowest BCUT2D eigenvalue weighted by Crippen LogP contribution is -2.15. The van der Waals surface area contributed by atoms with E-state index >= 15 is 0 Å². The highest BCUT2D eigenvalue weighted by Gasteiger charge is 2.31. The summed E-state index contributed by atoms with van der Waals surface area (Å²) in [6.07, 6.45) is 0. The summed E-state index contributed by atoms with van der Waals surface area (Å²) in [6, 6.07) is 33.5. The van der Waals surface area contributed by atoms with Crippen LogP contribution in [0.3, 0.4) is 0 Å². The van der Waals surface area contributed by atoms with Crippen molar-refractivity contribution >= 4 is 29.0 Å². The van der Waals surface area contributed by atoms with Crippen molar-refractivity contribution in [3.05, 3.63) is 126 Å². The third-order valence-corrected chi connectivity index (χ3v) is 6.64. The van der Waals surface area contributed by atoms with Crippen molar-refractivity contribution in [2.75, 3.05) is 19.1 Å². The lowest BCUT2D eigenvalue weighted by Gasteiger charge is -2.26. The predicted molar refractivity (Wildman–Crippen MR) is 156 cm³/mol. The molecule has 0 aliphatic heterocycles. The Morgan fingerprint density at radius 3 is 1.60 bits per heavy atom. The molecule has 0 radical (unpaired) electrons. The van der Waals surface area contributed by atoms with Gasteiger partial charge in [-0.1, -0.05) is 65.7 Å². The molecule has 0 N–H and O–H groups in total. The highest BCUT2D eigenvalue weighted by atomic mass is 16.5.